The Balaban J connectivity index is 2.03. The molecule has 0 saturated heterocycles. The van der Waals surface area contributed by atoms with Crippen molar-refractivity contribution in [3.05, 3.63) is 84.4 Å². The molecule has 146 valence electrons. The summed E-state index contributed by atoms with van der Waals surface area (Å²) in [6, 6.07) is 28.7. The summed E-state index contributed by atoms with van der Waals surface area (Å²) in [6.45, 7) is 9.59. The van der Waals surface area contributed by atoms with Crippen LogP contribution in [0.25, 0.3) is 28.1 Å². The van der Waals surface area contributed by atoms with Gasteiger partial charge in [0, 0.05) is 5.41 Å². The van der Waals surface area contributed by atoms with E-state index in [4.69, 9.17) is 0 Å². The van der Waals surface area contributed by atoms with Crippen molar-refractivity contribution < 1.29 is 4.57 Å². The molecule has 2 atom stereocenters. The van der Waals surface area contributed by atoms with Gasteiger partial charge in [0.1, 0.15) is 11.2 Å². The fourth-order valence-electron chi connectivity index (χ4n) is 5.57. The molecule has 1 aromatic heterocycles. The van der Waals surface area contributed by atoms with E-state index < -0.39 is 0 Å². The molecule has 0 spiro atoms. The second kappa shape index (κ2) is 6.32. The van der Waals surface area contributed by atoms with Crippen LogP contribution in [0.5, 0.6) is 0 Å². The lowest BCUT2D eigenvalue weighted by molar-refractivity contribution is -0.743. The molecular formula is C27H29N2+. The molecule has 0 bridgehead atoms. The van der Waals surface area contributed by atoms with E-state index in [0.29, 0.717) is 0 Å². The van der Waals surface area contributed by atoms with E-state index >= 15 is 0 Å². The predicted octanol–water partition coefficient (Wildman–Crippen LogP) is 6.39. The Hall–Kier alpha value is -2.87. The molecule has 0 aliphatic carbocycles. The molecule has 2 unspecified atom stereocenters. The van der Waals surface area contributed by atoms with Gasteiger partial charge in [0.15, 0.2) is 11.0 Å². The monoisotopic (exact) mass is 381 g/mol. The van der Waals surface area contributed by atoms with Crippen LogP contribution in [-0.4, -0.2) is 4.57 Å². The van der Waals surface area contributed by atoms with Crippen LogP contribution in [0.2, 0.25) is 0 Å². The molecule has 0 amide bonds. The fourth-order valence-corrected chi connectivity index (χ4v) is 5.57. The minimum atomic E-state index is -0.0227. The molecule has 3 aromatic carbocycles. The molecule has 2 heteroatoms. The third-order valence-electron chi connectivity index (χ3n) is 7.64. The number of fused-ring (bicyclic) bond motifs is 5. The smallest absolute Gasteiger partial charge is 0.216 e. The first-order valence-corrected chi connectivity index (χ1v) is 10.8. The molecule has 2 nitrogen and oxygen atoms in total. The summed E-state index contributed by atoms with van der Waals surface area (Å²) in [7, 11) is 0. The predicted molar refractivity (Wildman–Crippen MR) is 120 cm³/mol. The second-order valence-corrected chi connectivity index (χ2v) is 8.68. The van der Waals surface area contributed by atoms with Crippen molar-refractivity contribution in [2.75, 3.05) is 0 Å². The second-order valence-electron chi connectivity index (χ2n) is 8.68. The average Bonchev–Trinajstić information content (AvgIpc) is 3.14. The van der Waals surface area contributed by atoms with Gasteiger partial charge in [-0.05, 0) is 55.7 Å². The summed E-state index contributed by atoms with van der Waals surface area (Å²) in [5, 5.41) is 0. The van der Waals surface area contributed by atoms with Gasteiger partial charge in [0.05, 0.1) is 5.56 Å². The van der Waals surface area contributed by atoms with E-state index in [9.17, 15) is 0 Å². The van der Waals surface area contributed by atoms with Crippen LogP contribution in [0.15, 0.2) is 78.9 Å². The van der Waals surface area contributed by atoms with Crippen molar-refractivity contribution in [3.63, 3.8) is 0 Å². The topological polar surface area (TPSA) is 8.81 Å². The van der Waals surface area contributed by atoms with Gasteiger partial charge in [-0.2, -0.15) is 4.57 Å². The zero-order valence-electron chi connectivity index (χ0n) is 17.8. The number of rotatable bonds is 3. The van der Waals surface area contributed by atoms with Crippen LogP contribution in [0.3, 0.4) is 0 Å². The Bertz CT molecular complexity index is 1200. The van der Waals surface area contributed by atoms with Gasteiger partial charge < -0.3 is 0 Å². The van der Waals surface area contributed by atoms with Crippen LogP contribution < -0.4 is 4.57 Å². The van der Waals surface area contributed by atoms with Crippen LogP contribution in [0, 0.1) is 0 Å². The number of hydrogen-bond acceptors (Lipinski definition) is 0. The summed E-state index contributed by atoms with van der Waals surface area (Å²) in [6.07, 6.45) is 2.18. The number of benzene rings is 3. The summed E-state index contributed by atoms with van der Waals surface area (Å²) < 4.78 is 5.10. The highest BCUT2D eigenvalue weighted by Gasteiger charge is 2.56. The number of imidazole rings is 1. The first-order valence-electron chi connectivity index (χ1n) is 10.8. The Morgan fingerprint density at radius 3 is 2.14 bits per heavy atom. The number of hydrogen-bond donors (Lipinski definition) is 0. The highest BCUT2D eigenvalue weighted by molar-refractivity contribution is 5.81. The van der Waals surface area contributed by atoms with Gasteiger partial charge in [-0.25, -0.2) is 4.57 Å². The maximum atomic E-state index is 2.64. The maximum Gasteiger partial charge on any atom is 0.295 e. The average molecular weight is 382 g/mol. The lowest BCUT2D eigenvalue weighted by Gasteiger charge is -2.47. The minimum absolute atomic E-state index is 0.0227. The molecular weight excluding hydrogens is 352 g/mol. The quantitative estimate of drug-likeness (QED) is 0.364. The van der Waals surface area contributed by atoms with Crippen molar-refractivity contribution >= 4 is 11.0 Å². The molecule has 0 N–H and O–H groups in total. The highest BCUT2D eigenvalue weighted by atomic mass is 15.2. The highest BCUT2D eigenvalue weighted by Crippen LogP contribution is 2.51. The van der Waals surface area contributed by atoms with Crippen molar-refractivity contribution in [2.45, 2.75) is 51.5 Å². The van der Waals surface area contributed by atoms with E-state index in [1.165, 1.54) is 33.7 Å². The van der Waals surface area contributed by atoms with Gasteiger partial charge in [0.25, 0.3) is 5.82 Å². The summed E-state index contributed by atoms with van der Waals surface area (Å²) in [5.74, 6) is 1.29. The Labute approximate surface area is 173 Å². The van der Waals surface area contributed by atoms with Crippen molar-refractivity contribution in [1.29, 1.82) is 0 Å². The molecule has 5 rings (SSSR count). The number of para-hydroxylation sites is 3. The third-order valence-corrected chi connectivity index (χ3v) is 7.64. The minimum Gasteiger partial charge on any atom is -0.216 e. The van der Waals surface area contributed by atoms with Gasteiger partial charge in [-0.15, -0.1) is 0 Å². The Kier molecular flexibility index (Phi) is 3.96. The molecule has 0 saturated carbocycles. The zero-order valence-corrected chi connectivity index (χ0v) is 17.8. The molecule has 1 aliphatic heterocycles. The van der Waals surface area contributed by atoms with E-state index in [-0.39, 0.29) is 11.0 Å². The standard InChI is InChI=1S/C27H29N2/c1-5-26(3)22-17-11-10-16-21(22)25-28(20-14-8-7-9-15-20)23-18-12-13-19-24(23)29(25)27(26,4)6-2/h7-19H,5-6H2,1-4H3/q+1. The van der Waals surface area contributed by atoms with Crippen LogP contribution in [-0.2, 0) is 11.0 Å². The van der Waals surface area contributed by atoms with Crippen LogP contribution in [0.4, 0.5) is 0 Å². The van der Waals surface area contributed by atoms with Gasteiger partial charge >= 0.3 is 0 Å². The van der Waals surface area contributed by atoms with E-state index in [2.05, 4.69) is 116 Å². The molecule has 2 heterocycles. The van der Waals surface area contributed by atoms with Crippen LogP contribution >= 0.6 is 0 Å². The summed E-state index contributed by atoms with van der Waals surface area (Å²) in [5.41, 5.74) is 6.64. The maximum absolute atomic E-state index is 2.64. The summed E-state index contributed by atoms with van der Waals surface area (Å²) >= 11 is 0. The first-order chi connectivity index (χ1) is 14.1. The molecule has 1 aliphatic rings. The Morgan fingerprint density at radius 1 is 0.759 bits per heavy atom. The number of nitrogens with zero attached hydrogens (tertiary/aromatic N) is 2. The normalized spacial score (nSPS) is 23.0. The lowest BCUT2D eigenvalue weighted by atomic mass is 9.61. The largest absolute Gasteiger partial charge is 0.295 e. The van der Waals surface area contributed by atoms with Crippen molar-refractivity contribution in [2.24, 2.45) is 0 Å². The Morgan fingerprint density at radius 2 is 1.41 bits per heavy atom. The lowest BCUT2D eigenvalue weighted by Crippen LogP contribution is -2.67. The molecule has 0 radical (unpaired) electrons. The van der Waals surface area contributed by atoms with Gasteiger partial charge in [-0.3, -0.25) is 0 Å². The zero-order chi connectivity index (χ0) is 20.2. The van der Waals surface area contributed by atoms with Gasteiger partial charge in [0.2, 0.25) is 0 Å². The molecule has 0 fully saturated rings. The third kappa shape index (κ3) is 2.20. The fraction of sp³-hybridized carbons (Fsp3) is 0.296. The molecule has 4 aromatic rings. The van der Waals surface area contributed by atoms with Crippen molar-refractivity contribution in [1.82, 2.24) is 4.57 Å². The SMILES string of the molecule is CCC1(C)c2ccccc2-c2n(-c3ccccc3)c3ccccc3[n+]2C1(C)CC. The molecule has 29 heavy (non-hydrogen) atoms. The van der Waals surface area contributed by atoms with E-state index in [0.717, 1.165) is 12.8 Å². The van der Waals surface area contributed by atoms with Crippen molar-refractivity contribution in [3.8, 4) is 17.1 Å². The first kappa shape index (κ1) is 18.2. The van der Waals surface area contributed by atoms with Crippen LogP contribution in [0.1, 0.15) is 46.1 Å². The summed E-state index contributed by atoms with van der Waals surface area (Å²) in [4.78, 5) is 0. The number of aromatic nitrogens is 2. The van der Waals surface area contributed by atoms with E-state index in [1.54, 1.807) is 0 Å². The van der Waals surface area contributed by atoms with Gasteiger partial charge in [-0.1, -0.05) is 69.3 Å². The van der Waals surface area contributed by atoms with E-state index in [1.807, 2.05) is 0 Å².